The van der Waals surface area contributed by atoms with Gasteiger partial charge >= 0.3 is 5.97 Å². The predicted octanol–water partition coefficient (Wildman–Crippen LogP) is 0.275. The summed E-state index contributed by atoms with van der Waals surface area (Å²) in [6.07, 6.45) is 0. The van der Waals surface area contributed by atoms with E-state index in [0.717, 1.165) is 0 Å². The predicted molar refractivity (Wildman–Crippen MR) is 53.2 cm³/mol. The van der Waals surface area contributed by atoms with Crippen LogP contribution in [0, 0.1) is 0 Å². The second-order valence-corrected chi connectivity index (χ2v) is 5.34. The van der Waals surface area contributed by atoms with Crippen molar-refractivity contribution in [3.05, 3.63) is 0 Å². The molecule has 0 aliphatic carbocycles. The Morgan fingerprint density at radius 1 is 1.62 bits per heavy atom. The Bertz CT molecular complexity index is 203. The van der Waals surface area contributed by atoms with Crippen molar-refractivity contribution in [1.82, 2.24) is 5.32 Å². The van der Waals surface area contributed by atoms with Gasteiger partial charge in [0.15, 0.2) is 0 Å². The molecule has 0 bridgehead atoms. The van der Waals surface area contributed by atoms with E-state index in [1.165, 1.54) is 11.8 Å². The zero-order valence-corrected chi connectivity index (χ0v) is 8.98. The van der Waals surface area contributed by atoms with Crippen molar-refractivity contribution in [3.8, 4) is 0 Å². The van der Waals surface area contributed by atoms with E-state index in [1.54, 1.807) is 0 Å². The highest BCUT2D eigenvalue weighted by atomic mass is 32.2. The Balaban J connectivity index is 2.41. The van der Waals surface area contributed by atoms with E-state index in [0.29, 0.717) is 6.54 Å². The van der Waals surface area contributed by atoms with Crippen molar-refractivity contribution in [3.63, 3.8) is 0 Å². The van der Waals surface area contributed by atoms with Gasteiger partial charge in [-0.25, -0.2) is 0 Å². The lowest BCUT2D eigenvalue weighted by Gasteiger charge is -2.21. The quantitative estimate of drug-likeness (QED) is 0.600. The zero-order valence-electron chi connectivity index (χ0n) is 8.16. The zero-order chi connectivity index (χ0) is 10.1. The van der Waals surface area contributed by atoms with Gasteiger partial charge in [0, 0.05) is 6.54 Å². The van der Waals surface area contributed by atoms with E-state index in [1.807, 2.05) is 20.8 Å². The van der Waals surface area contributed by atoms with Crippen LogP contribution in [0.4, 0.5) is 0 Å². The third-order valence-corrected chi connectivity index (χ3v) is 2.63. The van der Waals surface area contributed by atoms with Crippen LogP contribution in [0.15, 0.2) is 0 Å². The number of ether oxygens (including phenoxy) is 1. The molecule has 0 radical (unpaired) electrons. The molecule has 1 heterocycles. The van der Waals surface area contributed by atoms with Crippen LogP contribution in [0.2, 0.25) is 0 Å². The highest BCUT2D eigenvalue weighted by molar-refractivity contribution is 8.01. The molecule has 3 N–H and O–H groups in total. The summed E-state index contributed by atoms with van der Waals surface area (Å²) in [6, 6.07) is 0. The smallest absolute Gasteiger partial charge is 0.321 e. The first-order chi connectivity index (χ1) is 5.88. The molecule has 2 unspecified atom stereocenters. The molecule has 1 fully saturated rings. The van der Waals surface area contributed by atoms with E-state index < -0.39 is 5.60 Å². The standard InChI is InChI=1S/C8H16N2O2S/c1-8(2,3)12-6(11)5-4-10-7(9)13-5/h5,7,10H,4,9H2,1-3H3. The molecule has 0 saturated carbocycles. The number of hydrogen-bond donors (Lipinski definition) is 2. The first-order valence-corrected chi connectivity index (χ1v) is 5.20. The molecular weight excluding hydrogens is 188 g/mol. The van der Waals surface area contributed by atoms with Gasteiger partial charge in [-0.3, -0.25) is 10.1 Å². The number of hydrogen-bond acceptors (Lipinski definition) is 5. The van der Waals surface area contributed by atoms with Gasteiger partial charge in [0.25, 0.3) is 0 Å². The molecule has 0 aromatic heterocycles. The molecule has 0 aromatic rings. The summed E-state index contributed by atoms with van der Waals surface area (Å²) >= 11 is 1.41. The summed E-state index contributed by atoms with van der Waals surface area (Å²) in [5.74, 6) is -0.182. The fourth-order valence-electron chi connectivity index (χ4n) is 1.00. The van der Waals surface area contributed by atoms with Gasteiger partial charge in [-0.2, -0.15) is 0 Å². The molecule has 76 valence electrons. The summed E-state index contributed by atoms with van der Waals surface area (Å²) in [5, 5.41) is 2.82. The summed E-state index contributed by atoms with van der Waals surface area (Å²) in [7, 11) is 0. The second kappa shape index (κ2) is 3.86. The van der Waals surface area contributed by atoms with Crippen molar-refractivity contribution in [2.75, 3.05) is 6.54 Å². The number of carbonyl (C=O) groups excluding carboxylic acids is 1. The van der Waals surface area contributed by atoms with Gasteiger partial charge in [0.05, 0.1) is 0 Å². The minimum atomic E-state index is -0.412. The normalized spacial score (nSPS) is 28.9. The maximum atomic E-state index is 11.5. The maximum Gasteiger partial charge on any atom is 0.321 e. The highest BCUT2D eigenvalue weighted by Crippen LogP contribution is 2.22. The Hall–Kier alpha value is -0.260. The van der Waals surface area contributed by atoms with Crippen LogP contribution in [-0.2, 0) is 9.53 Å². The van der Waals surface area contributed by atoms with E-state index in [-0.39, 0.29) is 16.7 Å². The summed E-state index contributed by atoms with van der Waals surface area (Å²) in [6.45, 7) is 6.17. The number of nitrogens with two attached hydrogens (primary N) is 1. The molecule has 2 atom stereocenters. The molecule has 4 nitrogen and oxygen atoms in total. The molecule has 1 rings (SSSR count). The molecule has 13 heavy (non-hydrogen) atoms. The lowest BCUT2D eigenvalue weighted by atomic mass is 10.2. The van der Waals surface area contributed by atoms with Crippen molar-refractivity contribution >= 4 is 17.7 Å². The third kappa shape index (κ3) is 3.54. The van der Waals surface area contributed by atoms with Gasteiger partial charge in [-0.05, 0) is 20.8 Å². The van der Waals surface area contributed by atoms with Crippen LogP contribution in [-0.4, -0.2) is 28.9 Å². The molecular formula is C8H16N2O2S. The molecule has 5 heteroatoms. The molecule has 1 aliphatic heterocycles. The minimum Gasteiger partial charge on any atom is -0.459 e. The van der Waals surface area contributed by atoms with Crippen LogP contribution in [0.3, 0.4) is 0 Å². The minimum absolute atomic E-state index is 0.141. The van der Waals surface area contributed by atoms with Crippen LogP contribution in [0.5, 0.6) is 0 Å². The molecule has 1 saturated heterocycles. The summed E-state index contributed by atoms with van der Waals surface area (Å²) < 4.78 is 5.21. The Labute approximate surface area is 82.6 Å². The van der Waals surface area contributed by atoms with Crippen LogP contribution in [0.1, 0.15) is 20.8 Å². The fraction of sp³-hybridized carbons (Fsp3) is 0.875. The first-order valence-electron chi connectivity index (χ1n) is 4.26. The van der Waals surface area contributed by atoms with E-state index in [9.17, 15) is 4.79 Å². The second-order valence-electron chi connectivity index (χ2n) is 3.99. The van der Waals surface area contributed by atoms with Crippen molar-refractivity contribution in [1.29, 1.82) is 0 Å². The van der Waals surface area contributed by atoms with E-state index in [4.69, 9.17) is 10.5 Å². The van der Waals surface area contributed by atoms with Crippen LogP contribution < -0.4 is 11.1 Å². The summed E-state index contributed by atoms with van der Waals surface area (Å²) in [5.41, 5.74) is 5.02. The van der Waals surface area contributed by atoms with Crippen molar-refractivity contribution in [2.45, 2.75) is 37.1 Å². The largest absolute Gasteiger partial charge is 0.459 e. The van der Waals surface area contributed by atoms with Crippen molar-refractivity contribution < 1.29 is 9.53 Å². The Morgan fingerprint density at radius 3 is 2.62 bits per heavy atom. The monoisotopic (exact) mass is 204 g/mol. The molecule has 0 amide bonds. The van der Waals surface area contributed by atoms with Gasteiger partial charge in [0.1, 0.15) is 16.3 Å². The van der Waals surface area contributed by atoms with E-state index >= 15 is 0 Å². The van der Waals surface area contributed by atoms with Crippen LogP contribution >= 0.6 is 11.8 Å². The Kier molecular flexibility index (Phi) is 3.21. The SMILES string of the molecule is CC(C)(C)OC(=O)C1CNC(N)S1. The molecule has 0 spiro atoms. The Morgan fingerprint density at radius 2 is 2.23 bits per heavy atom. The summed E-state index contributed by atoms with van der Waals surface area (Å²) in [4.78, 5) is 11.5. The van der Waals surface area contributed by atoms with Crippen molar-refractivity contribution in [2.24, 2.45) is 5.73 Å². The average Bonchev–Trinajstić information content (AvgIpc) is 2.31. The molecule has 1 aliphatic rings. The highest BCUT2D eigenvalue weighted by Gasteiger charge is 2.31. The maximum absolute atomic E-state index is 11.5. The lowest BCUT2D eigenvalue weighted by Crippen LogP contribution is -2.32. The number of rotatable bonds is 1. The lowest BCUT2D eigenvalue weighted by molar-refractivity contribution is -0.153. The van der Waals surface area contributed by atoms with E-state index in [2.05, 4.69) is 5.32 Å². The average molecular weight is 204 g/mol. The molecule has 0 aromatic carbocycles. The van der Waals surface area contributed by atoms with Gasteiger partial charge < -0.3 is 10.5 Å². The third-order valence-electron chi connectivity index (χ3n) is 1.48. The number of esters is 1. The number of nitrogens with one attached hydrogen (secondary N) is 1. The van der Waals surface area contributed by atoms with Gasteiger partial charge in [-0.15, -0.1) is 11.8 Å². The van der Waals surface area contributed by atoms with Gasteiger partial charge in [-0.1, -0.05) is 0 Å². The topological polar surface area (TPSA) is 64.3 Å². The number of carbonyl (C=O) groups is 1. The number of thioether (sulfide) groups is 1. The van der Waals surface area contributed by atoms with Crippen LogP contribution in [0.25, 0.3) is 0 Å². The first kappa shape index (κ1) is 10.8. The van der Waals surface area contributed by atoms with Gasteiger partial charge in [0.2, 0.25) is 0 Å². The fourth-order valence-corrected chi connectivity index (χ4v) is 1.90.